The molecule has 2 heteroatoms. The molecule has 0 unspecified atom stereocenters. The molecule has 0 fully saturated rings. The summed E-state index contributed by atoms with van der Waals surface area (Å²) in [6, 6.07) is 60.7. The van der Waals surface area contributed by atoms with Gasteiger partial charge in [-0.05, 0) is 103 Å². The van der Waals surface area contributed by atoms with E-state index in [0.29, 0.717) is 0 Å². The first kappa shape index (κ1) is 28.5. The number of hydrogen-bond acceptors (Lipinski definition) is 0. The van der Waals surface area contributed by atoms with E-state index in [-0.39, 0.29) is 5.41 Å². The Hall–Kier alpha value is -6.38. The third kappa shape index (κ3) is 3.99. The van der Waals surface area contributed by atoms with Gasteiger partial charge in [0.05, 0.1) is 22.2 Å². The van der Waals surface area contributed by atoms with Gasteiger partial charge in [0.15, 0.2) is 0 Å². The molecule has 0 spiro atoms. The lowest BCUT2D eigenvalue weighted by atomic mass is 9.82. The molecule has 8 aromatic carbocycles. The molecule has 51 heavy (non-hydrogen) atoms. The molecule has 1 aliphatic carbocycles. The molecule has 0 bridgehead atoms. The largest absolute Gasteiger partial charge is 0.316 e. The molecule has 240 valence electrons. The van der Waals surface area contributed by atoms with Gasteiger partial charge >= 0.3 is 0 Å². The van der Waals surface area contributed by atoms with Gasteiger partial charge in [0.2, 0.25) is 0 Å². The molecule has 11 rings (SSSR count). The summed E-state index contributed by atoms with van der Waals surface area (Å²) >= 11 is 0. The lowest BCUT2D eigenvalue weighted by Crippen LogP contribution is -2.14. The van der Waals surface area contributed by atoms with Gasteiger partial charge in [-0.15, -0.1) is 0 Å². The summed E-state index contributed by atoms with van der Waals surface area (Å²) < 4.78 is 4.81. The van der Waals surface area contributed by atoms with Crippen LogP contribution in [0.4, 0.5) is 0 Å². The van der Waals surface area contributed by atoms with Crippen LogP contribution in [0.25, 0.3) is 87.9 Å². The molecule has 0 saturated carbocycles. The summed E-state index contributed by atoms with van der Waals surface area (Å²) in [5.74, 6) is 0. The summed E-state index contributed by atoms with van der Waals surface area (Å²) in [5.41, 5.74) is 14.0. The average molecular weight is 651 g/mol. The van der Waals surface area contributed by atoms with E-state index in [2.05, 4.69) is 193 Å². The Morgan fingerprint density at radius 1 is 0.412 bits per heavy atom. The van der Waals surface area contributed by atoms with Gasteiger partial charge in [-0.2, -0.15) is 0 Å². The molecule has 0 atom stereocenters. The van der Waals surface area contributed by atoms with E-state index in [9.17, 15) is 0 Å². The molecular formula is C49H34N2. The summed E-state index contributed by atoms with van der Waals surface area (Å²) in [6.07, 6.45) is 2.22. The predicted octanol–water partition coefficient (Wildman–Crippen LogP) is 13.0. The normalized spacial score (nSPS) is 13.5. The van der Waals surface area contributed by atoms with Crippen molar-refractivity contribution < 1.29 is 0 Å². The first-order valence-corrected chi connectivity index (χ1v) is 17.8. The van der Waals surface area contributed by atoms with Crippen LogP contribution in [0.1, 0.15) is 25.0 Å². The van der Waals surface area contributed by atoms with Gasteiger partial charge in [0.25, 0.3) is 0 Å². The van der Waals surface area contributed by atoms with E-state index in [1.165, 1.54) is 99.0 Å². The molecular weight excluding hydrogens is 617 g/mol. The number of benzene rings is 8. The van der Waals surface area contributed by atoms with Crippen molar-refractivity contribution in [3.05, 3.63) is 181 Å². The van der Waals surface area contributed by atoms with Crippen molar-refractivity contribution in [3.8, 4) is 33.6 Å². The van der Waals surface area contributed by atoms with E-state index in [0.717, 1.165) is 0 Å². The van der Waals surface area contributed by atoms with Crippen LogP contribution in [-0.2, 0) is 5.41 Å². The number of hydrogen-bond donors (Lipinski definition) is 0. The van der Waals surface area contributed by atoms with Crippen LogP contribution >= 0.6 is 0 Å². The first-order valence-electron chi connectivity index (χ1n) is 17.8. The fraction of sp³-hybridized carbons (Fsp3) is 0.0612. The summed E-state index contributed by atoms with van der Waals surface area (Å²) in [5, 5.41) is 8.84. The molecule has 0 N–H and O–H groups in total. The van der Waals surface area contributed by atoms with Gasteiger partial charge in [-0.3, -0.25) is 0 Å². The Balaban J connectivity index is 1.08. The second kappa shape index (κ2) is 10.3. The van der Waals surface area contributed by atoms with Crippen LogP contribution in [-0.4, -0.2) is 9.13 Å². The minimum Gasteiger partial charge on any atom is -0.316 e. The molecule has 2 aromatic heterocycles. The monoisotopic (exact) mass is 650 g/mol. The van der Waals surface area contributed by atoms with E-state index in [1.807, 2.05) is 0 Å². The van der Waals surface area contributed by atoms with Gasteiger partial charge in [-0.25, -0.2) is 0 Å². The lowest BCUT2D eigenvalue weighted by Gasteiger charge is -2.21. The quantitative estimate of drug-likeness (QED) is 0.168. The first-order chi connectivity index (χ1) is 25.0. The summed E-state index contributed by atoms with van der Waals surface area (Å²) in [4.78, 5) is 0. The Morgan fingerprint density at radius 3 is 2.00 bits per heavy atom. The highest BCUT2D eigenvalue weighted by molar-refractivity contribution is 6.12. The zero-order valence-corrected chi connectivity index (χ0v) is 28.6. The zero-order chi connectivity index (χ0) is 33.8. The second-order valence-electron chi connectivity index (χ2n) is 14.6. The molecule has 0 aliphatic heterocycles. The Labute approximate surface area is 296 Å². The standard InChI is InChI=1S/C49H34N2/c1-49(2)43-17-9-7-14-38(43)41-30-35(22-23-44(41)49)51-45-18-10-8-16-40(45)42-27-32(21-24-46(42)51)33-20-19-31-25-26-50(47(31)28-33)48-29-34-11-3-4-12-36(34)37-13-5-6-15-39(37)48/h3-30H,1-2H3. The molecule has 0 radical (unpaired) electrons. The highest BCUT2D eigenvalue weighted by Gasteiger charge is 2.35. The van der Waals surface area contributed by atoms with Gasteiger partial charge < -0.3 is 9.13 Å². The van der Waals surface area contributed by atoms with Crippen LogP contribution in [0.5, 0.6) is 0 Å². The van der Waals surface area contributed by atoms with Crippen molar-refractivity contribution >= 4 is 54.3 Å². The Kier molecular flexibility index (Phi) is 5.76. The number of aromatic nitrogens is 2. The molecule has 10 aromatic rings. The minimum atomic E-state index is -0.0114. The maximum Gasteiger partial charge on any atom is 0.0541 e. The van der Waals surface area contributed by atoms with E-state index >= 15 is 0 Å². The lowest BCUT2D eigenvalue weighted by molar-refractivity contribution is 0.660. The average Bonchev–Trinajstić information content (AvgIpc) is 3.82. The fourth-order valence-corrected chi connectivity index (χ4v) is 9.03. The number of fused-ring (bicyclic) bond motifs is 10. The second-order valence-corrected chi connectivity index (χ2v) is 14.6. The van der Waals surface area contributed by atoms with E-state index < -0.39 is 0 Å². The third-order valence-electron chi connectivity index (χ3n) is 11.5. The predicted molar refractivity (Wildman–Crippen MR) is 216 cm³/mol. The van der Waals surface area contributed by atoms with Crippen molar-refractivity contribution in [2.24, 2.45) is 0 Å². The SMILES string of the molecule is CC1(C)c2ccccc2-c2cc(-n3c4ccccc4c4cc(-c5ccc6ccn(-c7cc8ccccc8c8ccccc78)c6c5)ccc43)ccc21. The molecule has 2 heterocycles. The van der Waals surface area contributed by atoms with Crippen molar-refractivity contribution in [3.63, 3.8) is 0 Å². The number of nitrogens with zero attached hydrogens (tertiary/aromatic N) is 2. The van der Waals surface area contributed by atoms with Crippen molar-refractivity contribution in [1.82, 2.24) is 9.13 Å². The van der Waals surface area contributed by atoms with Gasteiger partial charge in [0, 0.05) is 33.5 Å². The minimum absolute atomic E-state index is 0.0114. The summed E-state index contributed by atoms with van der Waals surface area (Å²) in [7, 11) is 0. The number of rotatable bonds is 3. The van der Waals surface area contributed by atoms with Gasteiger partial charge in [-0.1, -0.05) is 129 Å². The topological polar surface area (TPSA) is 9.86 Å². The smallest absolute Gasteiger partial charge is 0.0541 e. The van der Waals surface area contributed by atoms with Crippen LogP contribution in [0.3, 0.4) is 0 Å². The van der Waals surface area contributed by atoms with E-state index in [4.69, 9.17) is 0 Å². The van der Waals surface area contributed by atoms with Gasteiger partial charge in [0.1, 0.15) is 0 Å². The maximum absolute atomic E-state index is 2.45. The maximum atomic E-state index is 2.45. The molecule has 0 amide bonds. The van der Waals surface area contributed by atoms with Crippen molar-refractivity contribution in [2.45, 2.75) is 19.3 Å². The molecule has 2 nitrogen and oxygen atoms in total. The molecule has 1 aliphatic rings. The van der Waals surface area contributed by atoms with E-state index in [1.54, 1.807) is 0 Å². The van der Waals surface area contributed by atoms with Crippen molar-refractivity contribution in [1.29, 1.82) is 0 Å². The fourth-order valence-electron chi connectivity index (χ4n) is 9.03. The van der Waals surface area contributed by atoms with Crippen LogP contribution in [0.15, 0.2) is 170 Å². The number of para-hydroxylation sites is 1. The third-order valence-corrected chi connectivity index (χ3v) is 11.5. The zero-order valence-electron chi connectivity index (χ0n) is 28.6. The highest BCUT2D eigenvalue weighted by atomic mass is 15.0. The Morgan fingerprint density at radius 2 is 1.10 bits per heavy atom. The van der Waals surface area contributed by atoms with Crippen LogP contribution in [0, 0.1) is 0 Å². The van der Waals surface area contributed by atoms with Crippen LogP contribution in [0.2, 0.25) is 0 Å². The Bertz CT molecular complexity index is 3060. The summed E-state index contributed by atoms with van der Waals surface area (Å²) in [6.45, 7) is 4.69. The molecule has 0 saturated heterocycles. The van der Waals surface area contributed by atoms with Crippen molar-refractivity contribution in [2.75, 3.05) is 0 Å². The highest BCUT2D eigenvalue weighted by Crippen LogP contribution is 2.49. The van der Waals surface area contributed by atoms with Crippen LogP contribution < -0.4 is 0 Å².